The van der Waals surface area contributed by atoms with Crippen LogP contribution in [-0.2, 0) is 16.0 Å². The van der Waals surface area contributed by atoms with E-state index in [1.165, 1.54) is 18.5 Å². The maximum atomic E-state index is 13.5. The zero-order chi connectivity index (χ0) is 23.6. The van der Waals surface area contributed by atoms with Gasteiger partial charge in [-0.15, -0.1) is 0 Å². The van der Waals surface area contributed by atoms with Crippen LogP contribution in [0.5, 0.6) is 0 Å². The molecule has 6 nitrogen and oxygen atoms in total. The first-order valence-electron chi connectivity index (χ1n) is 12.5. The fraction of sp³-hybridized carbons (Fsp3) is 0.357. The highest BCUT2D eigenvalue weighted by molar-refractivity contribution is 7.08. The number of carbonyl (C=O) groups is 1. The smallest absolute Gasteiger partial charge is 0.158 e. The van der Waals surface area contributed by atoms with Crippen molar-refractivity contribution in [1.29, 1.82) is 0 Å². The van der Waals surface area contributed by atoms with Gasteiger partial charge >= 0.3 is 0 Å². The molecule has 0 radical (unpaired) electrons. The Labute approximate surface area is 209 Å². The van der Waals surface area contributed by atoms with E-state index in [0.29, 0.717) is 6.42 Å². The van der Waals surface area contributed by atoms with E-state index in [4.69, 9.17) is 4.74 Å². The molecule has 6 rings (SSSR count). The van der Waals surface area contributed by atoms with Crippen molar-refractivity contribution in [2.45, 2.75) is 25.3 Å². The normalized spacial score (nSPS) is 17.8. The third kappa shape index (κ3) is 4.63. The quantitative estimate of drug-likeness (QED) is 0.395. The molecule has 1 unspecified atom stereocenters. The second-order valence-corrected chi connectivity index (χ2v) is 10.2. The van der Waals surface area contributed by atoms with Crippen molar-refractivity contribution < 1.29 is 9.53 Å². The Hall–Kier alpha value is -3.00. The molecule has 2 aromatic carbocycles. The fourth-order valence-corrected chi connectivity index (χ4v) is 6.05. The molecule has 2 saturated heterocycles. The van der Waals surface area contributed by atoms with Gasteiger partial charge in [-0.25, -0.2) is 0 Å². The molecule has 1 atom stereocenters. The SMILES string of the molecule is O=C(Cc1ccc2[nH]nc(-c3ccc(N4CCOCC4)cc3)c2c1)C(c1ccsc1)N1CCCC1. The zero-order valence-corrected chi connectivity index (χ0v) is 20.6. The summed E-state index contributed by atoms with van der Waals surface area (Å²) in [5.41, 5.74) is 6.37. The van der Waals surface area contributed by atoms with E-state index < -0.39 is 0 Å². The van der Waals surface area contributed by atoms with Gasteiger partial charge in [-0.1, -0.05) is 18.2 Å². The Balaban J connectivity index is 1.25. The monoisotopic (exact) mass is 486 g/mol. The van der Waals surface area contributed by atoms with Crippen LogP contribution in [0.25, 0.3) is 22.2 Å². The van der Waals surface area contributed by atoms with Gasteiger partial charge in [0.2, 0.25) is 0 Å². The summed E-state index contributed by atoms with van der Waals surface area (Å²) in [6, 6.07) is 16.8. The summed E-state index contributed by atoms with van der Waals surface area (Å²) in [5.74, 6) is 0.268. The van der Waals surface area contributed by atoms with Crippen LogP contribution in [0.2, 0.25) is 0 Å². The predicted octanol–water partition coefficient (Wildman–Crippen LogP) is 5.08. The molecule has 35 heavy (non-hydrogen) atoms. The van der Waals surface area contributed by atoms with Crippen molar-refractivity contribution in [3.05, 3.63) is 70.4 Å². The van der Waals surface area contributed by atoms with Crippen molar-refractivity contribution >= 4 is 33.7 Å². The van der Waals surface area contributed by atoms with E-state index in [2.05, 4.69) is 73.2 Å². The number of hydrogen-bond donors (Lipinski definition) is 1. The highest BCUT2D eigenvalue weighted by Crippen LogP contribution is 2.31. The largest absolute Gasteiger partial charge is 0.378 e. The lowest BCUT2D eigenvalue weighted by atomic mass is 9.97. The average molecular weight is 487 g/mol. The molecule has 0 saturated carbocycles. The first kappa shape index (κ1) is 22.5. The van der Waals surface area contributed by atoms with Gasteiger partial charge in [-0.05, 0) is 78.2 Å². The number of nitrogens with one attached hydrogen (secondary N) is 1. The molecule has 4 aromatic rings. The number of likely N-dealkylation sites (tertiary alicyclic amines) is 1. The van der Waals surface area contributed by atoms with Gasteiger partial charge in [-0.3, -0.25) is 14.8 Å². The number of Topliss-reactive ketones (excluding diaryl/α,β-unsaturated/α-hetero) is 1. The number of fused-ring (bicyclic) bond motifs is 1. The molecule has 0 aliphatic carbocycles. The lowest BCUT2D eigenvalue weighted by molar-refractivity contribution is -0.123. The van der Waals surface area contributed by atoms with Crippen molar-refractivity contribution in [3.8, 4) is 11.3 Å². The molecule has 0 spiro atoms. The van der Waals surface area contributed by atoms with Crippen LogP contribution in [0.3, 0.4) is 0 Å². The van der Waals surface area contributed by atoms with Crippen LogP contribution in [0, 0.1) is 0 Å². The van der Waals surface area contributed by atoms with E-state index in [0.717, 1.165) is 72.7 Å². The minimum absolute atomic E-state index is 0.143. The van der Waals surface area contributed by atoms with Crippen LogP contribution in [0.15, 0.2) is 59.3 Å². The molecular weight excluding hydrogens is 456 g/mol. The maximum absolute atomic E-state index is 13.5. The molecular formula is C28H30N4O2S. The van der Waals surface area contributed by atoms with E-state index in [1.54, 1.807) is 11.3 Å². The summed E-state index contributed by atoms with van der Waals surface area (Å²) in [5, 5.41) is 13.0. The molecule has 4 heterocycles. The zero-order valence-electron chi connectivity index (χ0n) is 19.8. The number of ether oxygens (including phenoxy) is 1. The molecule has 180 valence electrons. The standard InChI is InChI=1S/C28H30N4O2S/c33-26(28(22-9-16-35-19-22)32-10-1-2-11-32)18-20-3-8-25-24(17-20)27(30-29-25)21-4-6-23(7-5-21)31-12-14-34-15-13-31/h3-9,16-17,19,28H,1-2,10-15,18H2,(H,29,30). The third-order valence-corrected chi connectivity index (χ3v) is 7.89. The Morgan fingerprint density at radius 3 is 2.57 bits per heavy atom. The lowest BCUT2D eigenvalue weighted by Crippen LogP contribution is -2.36. The number of ketones is 1. The number of carbonyl (C=O) groups excluding carboxylic acids is 1. The second kappa shape index (κ2) is 9.93. The number of H-pyrrole nitrogens is 1. The molecule has 0 bridgehead atoms. The topological polar surface area (TPSA) is 61.5 Å². The van der Waals surface area contributed by atoms with E-state index in [9.17, 15) is 4.79 Å². The number of anilines is 1. The molecule has 2 fully saturated rings. The van der Waals surface area contributed by atoms with Crippen LogP contribution >= 0.6 is 11.3 Å². The lowest BCUT2D eigenvalue weighted by Gasteiger charge is -2.28. The van der Waals surface area contributed by atoms with Crippen LogP contribution in [0.1, 0.15) is 30.0 Å². The molecule has 0 amide bonds. The minimum Gasteiger partial charge on any atom is -0.378 e. The van der Waals surface area contributed by atoms with Crippen molar-refractivity contribution in [3.63, 3.8) is 0 Å². The van der Waals surface area contributed by atoms with Gasteiger partial charge in [0, 0.05) is 36.1 Å². The molecule has 2 aliphatic heterocycles. The maximum Gasteiger partial charge on any atom is 0.158 e. The first-order chi connectivity index (χ1) is 17.3. The second-order valence-electron chi connectivity index (χ2n) is 9.44. The number of nitrogens with zero attached hydrogens (tertiary/aromatic N) is 3. The molecule has 2 aliphatic rings. The Bertz CT molecular complexity index is 1290. The van der Waals surface area contributed by atoms with Crippen LogP contribution < -0.4 is 4.90 Å². The molecule has 1 N–H and O–H groups in total. The Kier molecular flexibility index (Phi) is 6.37. The Morgan fingerprint density at radius 2 is 1.83 bits per heavy atom. The van der Waals surface area contributed by atoms with E-state index in [-0.39, 0.29) is 11.8 Å². The van der Waals surface area contributed by atoms with E-state index in [1.807, 2.05) is 6.07 Å². The van der Waals surface area contributed by atoms with Crippen molar-refractivity contribution in [2.75, 3.05) is 44.3 Å². The highest BCUT2D eigenvalue weighted by Gasteiger charge is 2.29. The van der Waals surface area contributed by atoms with Crippen LogP contribution in [0.4, 0.5) is 5.69 Å². The number of aromatic nitrogens is 2. The summed E-state index contributed by atoms with van der Waals surface area (Å²) < 4.78 is 5.47. The number of rotatable bonds is 7. The first-order valence-corrected chi connectivity index (χ1v) is 13.4. The Morgan fingerprint density at radius 1 is 1.03 bits per heavy atom. The predicted molar refractivity (Wildman–Crippen MR) is 141 cm³/mol. The fourth-order valence-electron chi connectivity index (χ4n) is 5.37. The van der Waals surface area contributed by atoms with Gasteiger partial charge in [0.1, 0.15) is 0 Å². The van der Waals surface area contributed by atoms with Gasteiger partial charge in [0.05, 0.1) is 30.5 Å². The van der Waals surface area contributed by atoms with E-state index >= 15 is 0 Å². The molecule has 7 heteroatoms. The summed E-state index contributed by atoms with van der Waals surface area (Å²) in [7, 11) is 0. The number of thiophene rings is 1. The van der Waals surface area contributed by atoms with Gasteiger partial charge in [0.25, 0.3) is 0 Å². The number of hydrogen-bond acceptors (Lipinski definition) is 6. The van der Waals surface area contributed by atoms with Crippen molar-refractivity contribution in [2.24, 2.45) is 0 Å². The number of benzene rings is 2. The number of aromatic amines is 1. The third-order valence-electron chi connectivity index (χ3n) is 7.19. The van der Waals surface area contributed by atoms with Crippen molar-refractivity contribution in [1.82, 2.24) is 15.1 Å². The highest BCUT2D eigenvalue weighted by atomic mass is 32.1. The van der Waals surface area contributed by atoms with Gasteiger partial charge < -0.3 is 9.64 Å². The molecule has 2 aromatic heterocycles. The summed E-state index contributed by atoms with van der Waals surface area (Å²) in [4.78, 5) is 18.2. The average Bonchev–Trinajstić information content (AvgIpc) is 3.68. The van der Waals surface area contributed by atoms with Gasteiger partial charge in [0.15, 0.2) is 5.78 Å². The summed E-state index contributed by atoms with van der Waals surface area (Å²) in [6.45, 7) is 5.39. The summed E-state index contributed by atoms with van der Waals surface area (Å²) >= 11 is 1.66. The number of morpholine rings is 1. The van der Waals surface area contributed by atoms with Gasteiger partial charge in [-0.2, -0.15) is 16.4 Å². The minimum atomic E-state index is -0.143. The van der Waals surface area contributed by atoms with Crippen LogP contribution in [-0.4, -0.2) is 60.3 Å². The summed E-state index contributed by atoms with van der Waals surface area (Å²) in [6.07, 6.45) is 2.76.